The third kappa shape index (κ3) is 3.57. The summed E-state index contributed by atoms with van der Waals surface area (Å²) in [6.45, 7) is 1.75. The number of aryl methyl sites for hydroxylation is 1. The van der Waals surface area contributed by atoms with E-state index in [2.05, 4.69) is 14.9 Å². The van der Waals surface area contributed by atoms with Crippen LogP contribution in [0.5, 0.6) is 5.75 Å². The number of nitrogens with one attached hydrogen (secondary N) is 1. The van der Waals surface area contributed by atoms with E-state index in [0.717, 1.165) is 0 Å². The molecule has 3 N–H and O–H groups in total. The second kappa shape index (κ2) is 6.20. The van der Waals surface area contributed by atoms with E-state index in [0.29, 0.717) is 17.2 Å². The maximum atomic E-state index is 12.2. The van der Waals surface area contributed by atoms with Crippen molar-refractivity contribution in [3.63, 3.8) is 0 Å². The standard InChI is InChI=1S/C12H16N4O4S/c1-8-15-12(16-20-8)7-14-21(17,18)10-3-4-11(19-2)9(5-10)6-13/h3-5,14H,6-7,13H2,1-2H3. The Morgan fingerprint density at radius 2 is 2.19 bits per heavy atom. The first-order valence-corrected chi connectivity index (χ1v) is 7.60. The lowest BCUT2D eigenvalue weighted by atomic mass is 10.2. The Kier molecular flexibility index (Phi) is 4.56. The zero-order valence-electron chi connectivity index (χ0n) is 11.7. The van der Waals surface area contributed by atoms with E-state index in [1.165, 1.54) is 19.2 Å². The van der Waals surface area contributed by atoms with Gasteiger partial charge in [-0.1, -0.05) is 5.16 Å². The first-order chi connectivity index (χ1) is 9.96. The summed E-state index contributed by atoms with van der Waals surface area (Å²) in [4.78, 5) is 4.02. The van der Waals surface area contributed by atoms with Crippen LogP contribution in [0.2, 0.25) is 0 Å². The molecule has 21 heavy (non-hydrogen) atoms. The first-order valence-electron chi connectivity index (χ1n) is 6.12. The van der Waals surface area contributed by atoms with Gasteiger partial charge >= 0.3 is 0 Å². The number of sulfonamides is 1. The lowest BCUT2D eigenvalue weighted by Gasteiger charge is -2.10. The fourth-order valence-corrected chi connectivity index (χ4v) is 2.77. The van der Waals surface area contributed by atoms with Gasteiger partial charge in [0.05, 0.1) is 18.6 Å². The summed E-state index contributed by atoms with van der Waals surface area (Å²) in [5, 5.41) is 3.62. The summed E-state index contributed by atoms with van der Waals surface area (Å²) in [5.74, 6) is 1.19. The predicted molar refractivity (Wildman–Crippen MR) is 73.9 cm³/mol. The number of aromatic nitrogens is 2. The maximum Gasteiger partial charge on any atom is 0.240 e. The highest BCUT2D eigenvalue weighted by molar-refractivity contribution is 7.89. The maximum absolute atomic E-state index is 12.2. The Morgan fingerprint density at radius 1 is 1.43 bits per heavy atom. The Labute approximate surface area is 122 Å². The Balaban J connectivity index is 2.19. The van der Waals surface area contributed by atoms with Crippen molar-refractivity contribution in [2.75, 3.05) is 7.11 Å². The SMILES string of the molecule is COc1ccc(S(=O)(=O)NCc2noc(C)n2)cc1CN. The molecule has 0 amide bonds. The molecule has 0 fully saturated rings. The molecule has 1 aromatic carbocycles. The fourth-order valence-electron chi connectivity index (χ4n) is 1.74. The van der Waals surface area contributed by atoms with Crippen LogP contribution in [0.4, 0.5) is 0 Å². The van der Waals surface area contributed by atoms with E-state index >= 15 is 0 Å². The second-order valence-electron chi connectivity index (χ2n) is 4.23. The molecule has 8 nitrogen and oxygen atoms in total. The smallest absolute Gasteiger partial charge is 0.240 e. The lowest BCUT2D eigenvalue weighted by Crippen LogP contribution is -2.24. The Bertz CT molecular complexity index is 727. The van der Waals surface area contributed by atoms with Crippen LogP contribution >= 0.6 is 0 Å². The average molecular weight is 312 g/mol. The van der Waals surface area contributed by atoms with Gasteiger partial charge < -0.3 is 15.0 Å². The van der Waals surface area contributed by atoms with Crippen molar-refractivity contribution in [1.29, 1.82) is 0 Å². The number of methoxy groups -OCH3 is 1. The van der Waals surface area contributed by atoms with E-state index < -0.39 is 10.0 Å². The van der Waals surface area contributed by atoms with E-state index in [9.17, 15) is 8.42 Å². The summed E-state index contributed by atoms with van der Waals surface area (Å²) < 4.78 is 36.7. The van der Waals surface area contributed by atoms with Gasteiger partial charge in [-0.25, -0.2) is 13.1 Å². The Hall–Kier alpha value is -1.97. The van der Waals surface area contributed by atoms with Gasteiger partial charge in [0.2, 0.25) is 15.9 Å². The molecule has 2 aromatic rings. The highest BCUT2D eigenvalue weighted by atomic mass is 32.2. The zero-order chi connectivity index (χ0) is 15.5. The number of rotatable bonds is 6. The average Bonchev–Trinajstić information content (AvgIpc) is 2.90. The molecule has 0 bridgehead atoms. The van der Waals surface area contributed by atoms with Gasteiger partial charge in [0.25, 0.3) is 0 Å². The number of nitrogens with zero attached hydrogens (tertiary/aromatic N) is 2. The molecule has 1 aromatic heterocycles. The van der Waals surface area contributed by atoms with Gasteiger partial charge in [0.1, 0.15) is 5.75 Å². The summed E-state index contributed by atoms with van der Waals surface area (Å²) in [7, 11) is -2.19. The molecule has 114 valence electrons. The van der Waals surface area contributed by atoms with Crippen molar-refractivity contribution in [3.05, 3.63) is 35.5 Å². The van der Waals surface area contributed by atoms with Gasteiger partial charge in [-0.2, -0.15) is 4.98 Å². The van der Waals surface area contributed by atoms with Crippen molar-refractivity contribution < 1.29 is 17.7 Å². The highest BCUT2D eigenvalue weighted by Gasteiger charge is 2.17. The number of benzene rings is 1. The van der Waals surface area contributed by atoms with Crippen LogP contribution in [0.25, 0.3) is 0 Å². The highest BCUT2D eigenvalue weighted by Crippen LogP contribution is 2.21. The van der Waals surface area contributed by atoms with Gasteiger partial charge in [-0.05, 0) is 18.2 Å². The minimum Gasteiger partial charge on any atom is -0.496 e. The molecular formula is C12H16N4O4S. The number of ether oxygens (including phenoxy) is 1. The van der Waals surface area contributed by atoms with Gasteiger partial charge in [-0.3, -0.25) is 0 Å². The molecular weight excluding hydrogens is 296 g/mol. The van der Waals surface area contributed by atoms with Gasteiger partial charge in [0, 0.05) is 19.0 Å². The molecule has 0 aliphatic carbocycles. The molecule has 0 atom stereocenters. The van der Waals surface area contributed by atoms with E-state index in [4.69, 9.17) is 15.0 Å². The van der Waals surface area contributed by atoms with Crippen LogP contribution in [0.15, 0.2) is 27.6 Å². The van der Waals surface area contributed by atoms with E-state index in [-0.39, 0.29) is 23.8 Å². The summed E-state index contributed by atoms with van der Waals surface area (Å²) in [5.41, 5.74) is 6.19. The topological polar surface area (TPSA) is 120 Å². The number of hydrogen-bond donors (Lipinski definition) is 2. The van der Waals surface area contributed by atoms with Crippen molar-refractivity contribution in [2.24, 2.45) is 5.73 Å². The quantitative estimate of drug-likeness (QED) is 0.788. The van der Waals surface area contributed by atoms with Crippen molar-refractivity contribution in [2.45, 2.75) is 24.9 Å². The van der Waals surface area contributed by atoms with Crippen LogP contribution in [0.3, 0.4) is 0 Å². The van der Waals surface area contributed by atoms with Crippen molar-refractivity contribution in [1.82, 2.24) is 14.9 Å². The normalized spacial score (nSPS) is 11.6. The molecule has 0 saturated heterocycles. The monoisotopic (exact) mass is 312 g/mol. The minimum atomic E-state index is -3.69. The molecule has 2 rings (SSSR count). The predicted octanol–water partition coefficient (Wildman–Crippen LogP) is 0.324. The lowest BCUT2D eigenvalue weighted by molar-refractivity contribution is 0.387. The van der Waals surface area contributed by atoms with Crippen LogP contribution in [-0.4, -0.2) is 25.7 Å². The summed E-state index contributed by atoms with van der Waals surface area (Å²) >= 11 is 0. The van der Waals surface area contributed by atoms with E-state index in [1.54, 1.807) is 13.0 Å². The van der Waals surface area contributed by atoms with Crippen LogP contribution in [0, 0.1) is 6.92 Å². The molecule has 0 saturated carbocycles. The molecule has 0 unspecified atom stereocenters. The third-order valence-electron chi connectivity index (χ3n) is 2.77. The minimum absolute atomic E-state index is 0.0519. The third-order valence-corrected chi connectivity index (χ3v) is 4.17. The van der Waals surface area contributed by atoms with Crippen molar-refractivity contribution >= 4 is 10.0 Å². The molecule has 9 heteroatoms. The number of hydrogen-bond acceptors (Lipinski definition) is 7. The second-order valence-corrected chi connectivity index (χ2v) is 6.00. The van der Waals surface area contributed by atoms with Crippen LogP contribution in [0.1, 0.15) is 17.3 Å². The van der Waals surface area contributed by atoms with Crippen molar-refractivity contribution in [3.8, 4) is 5.75 Å². The van der Waals surface area contributed by atoms with E-state index in [1.807, 2.05) is 0 Å². The summed E-state index contributed by atoms with van der Waals surface area (Å²) in [6, 6.07) is 4.49. The zero-order valence-corrected chi connectivity index (χ0v) is 12.5. The molecule has 0 spiro atoms. The molecule has 0 aliphatic heterocycles. The van der Waals surface area contributed by atoms with Crippen LogP contribution in [-0.2, 0) is 23.1 Å². The van der Waals surface area contributed by atoms with Gasteiger partial charge in [0.15, 0.2) is 5.82 Å². The number of nitrogens with two attached hydrogens (primary N) is 1. The van der Waals surface area contributed by atoms with Gasteiger partial charge in [-0.15, -0.1) is 0 Å². The fraction of sp³-hybridized carbons (Fsp3) is 0.333. The van der Waals surface area contributed by atoms with Crippen LogP contribution < -0.4 is 15.2 Å². The summed E-state index contributed by atoms with van der Waals surface area (Å²) in [6.07, 6.45) is 0. The molecule has 1 heterocycles. The molecule has 0 aliphatic rings. The largest absolute Gasteiger partial charge is 0.496 e. The molecule has 0 radical (unpaired) electrons. The Morgan fingerprint density at radius 3 is 2.76 bits per heavy atom. The first kappa shape index (κ1) is 15.4.